The fraction of sp³-hybridized carbons (Fsp3) is 0.375. The largest absolute Gasteiger partial charge is 0.462 e. The van der Waals surface area contributed by atoms with E-state index < -0.39 is 28.9 Å². The third-order valence-electron chi connectivity index (χ3n) is 4.04. The van der Waals surface area contributed by atoms with Crippen LogP contribution in [0.1, 0.15) is 25.0 Å². The highest BCUT2D eigenvalue weighted by Crippen LogP contribution is 2.41. The average molecular weight is 290 g/mol. The number of carbonyl (C=O) groups excluding carboxylic acids is 2. The predicted octanol–water partition coefficient (Wildman–Crippen LogP) is 1.16. The monoisotopic (exact) mass is 290 g/mol. The molecule has 2 rings (SSSR count). The maximum atomic E-state index is 12.4. The number of aliphatic hydroxyl groups excluding tert-OH is 1. The minimum absolute atomic E-state index is 0.112. The van der Waals surface area contributed by atoms with Crippen molar-refractivity contribution in [1.82, 2.24) is 0 Å². The van der Waals surface area contributed by atoms with Gasteiger partial charge in [-0.2, -0.15) is 0 Å². The van der Waals surface area contributed by atoms with Crippen LogP contribution in [-0.4, -0.2) is 34.2 Å². The van der Waals surface area contributed by atoms with Crippen molar-refractivity contribution in [3.63, 3.8) is 0 Å². The molecule has 1 heterocycles. The van der Waals surface area contributed by atoms with Crippen LogP contribution in [0, 0.1) is 5.41 Å². The Bertz CT molecular complexity index is 567. The van der Waals surface area contributed by atoms with Gasteiger partial charge in [-0.3, -0.25) is 4.79 Å². The Morgan fingerprint density at radius 2 is 2.10 bits per heavy atom. The van der Waals surface area contributed by atoms with E-state index in [1.807, 2.05) is 0 Å². The summed E-state index contributed by atoms with van der Waals surface area (Å²) in [6, 6.07) is 8.59. The number of Topliss-reactive ketones (excluding diaryl/α,β-unsaturated/α-hetero) is 1. The molecule has 3 atom stereocenters. The van der Waals surface area contributed by atoms with E-state index in [9.17, 15) is 19.8 Å². The van der Waals surface area contributed by atoms with Gasteiger partial charge < -0.3 is 14.9 Å². The minimum atomic E-state index is -2.30. The summed E-state index contributed by atoms with van der Waals surface area (Å²) in [6.07, 6.45) is -0.130. The van der Waals surface area contributed by atoms with Crippen LogP contribution >= 0.6 is 0 Å². The van der Waals surface area contributed by atoms with Crippen LogP contribution < -0.4 is 0 Å². The van der Waals surface area contributed by atoms with Crippen molar-refractivity contribution in [3.8, 4) is 0 Å². The van der Waals surface area contributed by atoms with E-state index in [1.165, 1.54) is 13.0 Å². The molecule has 112 valence electrons. The van der Waals surface area contributed by atoms with Crippen LogP contribution in [0.25, 0.3) is 0 Å². The predicted molar refractivity (Wildman–Crippen MR) is 75.2 cm³/mol. The first-order chi connectivity index (χ1) is 9.85. The van der Waals surface area contributed by atoms with Crippen molar-refractivity contribution in [3.05, 3.63) is 48.6 Å². The molecule has 1 aliphatic rings. The molecule has 1 aromatic carbocycles. The van der Waals surface area contributed by atoms with Gasteiger partial charge in [0.05, 0.1) is 11.5 Å². The molecule has 0 amide bonds. The second-order valence-corrected chi connectivity index (χ2v) is 5.46. The zero-order valence-electron chi connectivity index (χ0n) is 11.8. The zero-order chi connectivity index (χ0) is 15.7. The van der Waals surface area contributed by atoms with E-state index in [4.69, 9.17) is 4.74 Å². The molecule has 5 heteroatoms. The van der Waals surface area contributed by atoms with Crippen molar-refractivity contribution < 1.29 is 24.5 Å². The fourth-order valence-corrected chi connectivity index (χ4v) is 2.41. The quantitative estimate of drug-likeness (QED) is 0.483. The van der Waals surface area contributed by atoms with Gasteiger partial charge in [-0.25, -0.2) is 4.79 Å². The number of hydrogen-bond donors (Lipinski definition) is 2. The summed E-state index contributed by atoms with van der Waals surface area (Å²) in [4.78, 5) is 24.2. The molecule has 1 unspecified atom stereocenters. The maximum Gasteiger partial charge on any atom is 0.347 e. The molecule has 0 aromatic heterocycles. The number of ether oxygens (including phenoxy) is 1. The number of ketones is 1. The molecular formula is C16H18O5. The lowest BCUT2D eigenvalue weighted by molar-refractivity contribution is -0.164. The Morgan fingerprint density at radius 1 is 1.48 bits per heavy atom. The Balaban J connectivity index is 2.23. The van der Waals surface area contributed by atoms with Gasteiger partial charge in [-0.05, 0) is 12.5 Å². The first kappa shape index (κ1) is 15.4. The van der Waals surface area contributed by atoms with Gasteiger partial charge in [-0.15, -0.1) is 6.58 Å². The van der Waals surface area contributed by atoms with E-state index in [0.717, 1.165) is 0 Å². The third kappa shape index (κ3) is 2.39. The van der Waals surface area contributed by atoms with Gasteiger partial charge in [-0.1, -0.05) is 36.4 Å². The molecule has 1 saturated heterocycles. The molecule has 1 fully saturated rings. The second-order valence-electron chi connectivity index (χ2n) is 5.46. The molecule has 0 saturated carbocycles. The molecule has 0 bridgehead atoms. The molecule has 1 aromatic rings. The molecular weight excluding hydrogens is 272 g/mol. The summed E-state index contributed by atoms with van der Waals surface area (Å²) in [5.74, 6) is -1.76. The summed E-state index contributed by atoms with van der Waals surface area (Å²) in [7, 11) is 0. The van der Waals surface area contributed by atoms with Crippen LogP contribution in [-0.2, 0) is 14.3 Å². The topological polar surface area (TPSA) is 83.8 Å². The standard InChI is InChI=1S/C16H18O5/c1-3-15(2)10-21-14(19)16(15,20)13(18)9-12(17)11-7-5-4-6-8-11/h3-8,12,17,20H,1,9-10H2,2H3/t12?,15-,16+/m0/s1. The zero-order valence-corrected chi connectivity index (χ0v) is 11.8. The Kier molecular flexibility index (Phi) is 3.98. The molecule has 1 aliphatic heterocycles. The summed E-state index contributed by atoms with van der Waals surface area (Å²) in [6.45, 7) is 4.97. The van der Waals surface area contributed by atoms with Gasteiger partial charge in [0, 0.05) is 6.42 Å². The highest BCUT2D eigenvalue weighted by molar-refractivity contribution is 6.09. The average Bonchev–Trinajstić information content (AvgIpc) is 2.74. The van der Waals surface area contributed by atoms with E-state index in [0.29, 0.717) is 5.56 Å². The number of hydrogen-bond acceptors (Lipinski definition) is 5. The molecule has 0 aliphatic carbocycles. The van der Waals surface area contributed by atoms with Crippen LogP contribution in [0.15, 0.2) is 43.0 Å². The molecule has 21 heavy (non-hydrogen) atoms. The number of aliphatic hydroxyl groups is 2. The first-order valence-electron chi connectivity index (χ1n) is 6.64. The molecule has 5 nitrogen and oxygen atoms in total. The van der Waals surface area contributed by atoms with Crippen molar-refractivity contribution in [2.75, 3.05) is 6.61 Å². The van der Waals surface area contributed by atoms with Gasteiger partial charge >= 0.3 is 5.97 Å². The number of cyclic esters (lactones) is 1. The SMILES string of the molecule is C=C[C@@]1(C)COC(=O)[C@]1(O)C(=O)CC(O)c1ccccc1. The van der Waals surface area contributed by atoms with Crippen LogP contribution in [0.2, 0.25) is 0 Å². The Hall–Kier alpha value is -1.98. The Morgan fingerprint density at radius 3 is 2.67 bits per heavy atom. The number of carbonyl (C=O) groups is 2. The lowest BCUT2D eigenvalue weighted by atomic mass is 9.72. The van der Waals surface area contributed by atoms with E-state index in [-0.39, 0.29) is 13.0 Å². The summed E-state index contributed by atoms with van der Waals surface area (Å²) in [5.41, 5.74) is -2.96. The first-order valence-corrected chi connectivity index (χ1v) is 6.64. The molecule has 0 radical (unpaired) electrons. The van der Waals surface area contributed by atoms with Crippen LogP contribution in [0.4, 0.5) is 0 Å². The van der Waals surface area contributed by atoms with Gasteiger partial charge in [0.1, 0.15) is 6.61 Å². The third-order valence-corrected chi connectivity index (χ3v) is 4.04. The normalized spacial score (nSPS) is 29.8. The number of esters is 1. The summed E-state index contributed by atoms with van der Waals surface area (Å²) in [5, 5.41) is 20.6. The van der Waals surface area contributed by atoms with Gasteiger partial charge in [0.15, 0.2) is 5.78 Å². The molecule has 2 N–H and O–H groups in total. The van der Waals surface area contributed by atoms with E-state index >= 15 is 0 Å². The highest BCUT2D eigenvalue weighted by Gasteiger charge is 2.62. The number of rotatable bonds is 5. The Labute approximate surface area is 122 Å². The molecule has 0 spiro atoms. The van der Waals surface area contributed by atoms with Gasteiger partial charge in [0.25, 0.3) is 0 Å². The van der Waals surface area contributed by atoms with E-state index in [2.05, 4.69) is 6.58 Å². The summed E-state index contributed by atoms with van der Waals surface area (Å²) >= 11 is 0. The number of benzene rings is 1. The van der Waals surface area contributed by atoms with Crippen molar-refractivity contribution in [2.45, 2.75) is 25.0 Å². The van der Waals surface area contributed by atoms with Gasteiger partial charge in [0.2, 0.25) is 5.60 Å². The lowest BCUT2D eigenvalue weighted by Gasteiger charge is -2.31. The maximum absolute atomic E-state index is 12.4. The second kappa shape index (κ2) is 5.42. The van der Waals surface area contributed by atoms with Crippen molar-refractivity contribution in [2.24, 2.45) is 5.41 Å². The fourth-order valence-electron chi connectivity index (χ4n) is 2.41. The highest BCUT2D eigenvalue weighted by atomic mass is 16.6. The van der Waals surface area contributed by atoms with Crippen molar-refractivity contribution >= 4 is 11.8 Å². The van der Waals surface area contributed by atoms with Crippen molar-refractivity contribution in [1.29, 1.82) is 0 Å². The smallest absolute Gasteiger partial charge is 0.347 e. The van der Waals surface area contributed by atoms with Crippen LogP contribution in [0.3, 0.4) is 0 Å². The lowest BCUT2D eigenvalue weighted by Crippen LogP contribution is -2.54. The van der Waals surface area contributed by atoms with E-state index in [1.54, 1.807) is 30.3 Å². The summed E-state index contributed by atoms with van der Waals surface area (Å²) < 4.78 is 4.82. The minimum Gasteiger partial charge on any atom is -0.462 e. The van der Waals surface area contributed by atoms with Crippen LogP contribution in [0.5, 0.6) is 0 Å².